The molecule has 258 valence electrons. The number of nitrogens with two attached hydrogens (primary N) is 2. The van der Waals surface area contributed by atoms with Crippen molar-refractivity contribution in [2.45, 2.75) is 84.2 Å². The minimum Gasteiger partial charge on any atom is -0.346 e. The average molecular weight is 648 g/mol. The van der Waals surface area contributed by atoms with Gasteiger partial charge in [-0.15, -0.1) is 0 Å². The number of ketones is 2. The zero-order chi connectivity index (χ0) is 34.2. The molecule has 3 rings (SSSR count). The number of Topliss-reactive ketones (excluding diaryl/α,β-unsaturated/α-hetero) is 2. The minimum absolute atomic E-state index is 0.000619. The lowest BCUT2D eigenvalue weighted by Gasteiger charge is -2.28. The van der Waals surface area contributed by atoms with Crippen LogP contribution in [0.15, 0.2) is 60.7 Å². The second-order valence-corrected chi connectivity index (χ2v) is 13.5. The topological polar surface area (TPSA) is 139 Å². The van der Waals surface area contributed by atoms with Gasteiger partial charge >= 0.3 is 0 Å². The van der Waals surface area contributed by atoms with Crippen LogP contribution in [0.5, 0.6) is 0 Å². The summed E-state index contributed by atoms with van der Waals surface area (Å²) in [7, 11) is 0. The molecule has 2 amide bonds. The third-order valence-electron chi connectivity index (χ3n) is 9.17. The van der Waals surface area contributed by atoms with Crippen LogP contribution in [0.3, 0.4) is 0 Å². The van der Waals surface area contributed by atoms with E-state index in [4.69, 9.17) is 11.5 Å². The van der Waals surface area contributed by atoms with Crippen LogP contribution in [-0.2, 0) is 32.0 Å². The van der Waals surface area contributed by atoms with Crippen molar-refractivity contribution < 1.29 is 19.2 Å². The summed E-state index contributed by atoms with van der Waals surface area (Å²) in [5.74, 6) is -1.74. The van der Waals surface area contributed by atoms with E-state index < -0.39 is 23.9 Å². The highest BCUT2D eigenvalue weighted by Gasteiger charge is 2.33. The number of nitrogens with zero attached hydrogens (tertiary/aromatic N) is 2. The van der Waals surface area contributed by atoms with E-state index in [1.54, 1.807) is 0 Å². The first-order valence-electron chi connectivity index (χ1n) is 17.5. The Morgan fingerprint density at radius 1 is 0.809 bits per heavy atom. The van der Waals surface area contributed by atoms with Crippen molar-refractivity contribution in [3.63, 3.8) is 0 Å². The summed E-state index contributed by atoms with van der Waals surface area (Å²) in [5, 5.41) is 3.03. The molecule has 0 spiro atoms. The number of benzene rings is 2. The van der Waals surface area contributed by atoms with Gasteiger partial charge in [0.2, 0.25) is 11.8 Å². The van der Waals surface area contributed by atoms with E-state index in [1.165, 1.54) is 0 Å². The molecular formula is C38H57N5O4. The van der Waals surface area contributed by atoms with Crippen LogP contribution in [0.4, 0.5) is 0 Å². The highest BCUT2D eigenvalue weighted by molar-refractivity contribution is 5.94. The molecule has 4 atom stereocenters. The molecule has 1 saturated heterocycles. The second-order valence-electron chi connectivity index (χ2n) is 13.5. The summed E-state index contributed by atoms with van der Waals surface area (Å²) < 4.78 is 0. The van der Waals surface area contributed by atoms with Gasteiger partial charge in [0.1, 0.15) is 0 Å². The van der Waals surface area contributed by atoms with Gasteiger partial charge in [-0.05, 0) is 75.2 Å². The first kappa shape index (κ1) is 38.1. The molecule has 47 heavy (non-hydrogen) atoms. The summed E-state index contributed by atoms with van der Waals surface area (Å²) in [4.78, 5) is 59.2. The zero-order valence-corrected chi connectivity index (χ0v) is 28.7. The molecule has 0 saturated carbocycles. The summed E-state index contributed by atoms with van der Waals surface area (Å²) in [6.07, 6.45) is 3.27. The Morgan fingerprint density at radius 2 is 1.43 bits per heavy atom. The molecule has 1 heterocycles. The summed E-state index contributed by atoms with van der Waals surface area (Å²) in [6, 6.07) is 17.7. The Hall–Kier alpha value is -3.40. The molecule has 0 aliphatic carbocycles. The van der Waals surface area contributed by atoms with Gasteiger partial charge in [0.05, 0.1) is 12.1 Å². The van der Waals surface area contributed by atoms with Crippen molar-refractivity contribution in [3.8, 4) is 0 Å². The van der Waals surface area contributed by atoms with E-state index >= 15 is 0 Å². The third kappa shape index (κ3) is 13.0. The fourth-order valence-corrected chi connectivity index (χ4v) is 6.39. The summed E-state index contributed by atoms with van der Waals surface area (Å²) in [5.41, 5.74) is 14.0. The summed E-state index contributed by atoms with van der Waals surface area (Å²) in [6.45, 7) is 10.6. The highest BCUT2D eigenvalue weighted by atomic mass is 16.2. The van der Waals surface area contributed by atoms with Crippen molar-refractivity contribution in [2.75, 3.05) is 39.3 Å². The van der Waals surface area contributed by atoms with E-state index in [2.05, 4.69) is 17.1 Å². The first-order valence-corrected chi connectivity index (χ1v) is 17.5. The standard InChI is InChI=1S/C38H57N5O4/c1-4-42-19-12-20-43(22-21-42)38(47)31(17-11-18-39)26-36(45)34(23-28(2)3)41-37(46)32(24-29-13-7-5-8-14-29)27-35(44)33(40)25-30-15-9-6-10-16-30/h5-10,13-16,28,31-34H,4,11-12,17-27,39-40H2,1-3H3,(H,41,46)/t31-,32-,33+,34+/m0/s1. The van der Waals surface area contributed by atoms with Gasteiger partial charge in [-0.3, -0.25) is 19.2 Å². The van der Waals surface area contributed by atoms with Crippen LogP contribution < -0.4 is 16.8 Å². The predicted molar refractivity (Wildman–Crippen MR) is 187 cm³/mol. The van der Waals surface area contributed by atoms with Gasteiger partial charge in [0.25, 0.3) is 0 Å². The Balaban J connectivity index is 1.76. The lowest BCUT2D eigenvalue weighted by Crippen LogP contribution is -2.47. The zero-order valence-electron chi connectivity index (χ0n) is 28.7. The molecule has 0 unspecified atom stereocenters. The van der Waals surface area contributed by atoms with Crippen LogP contribution in [0.1, 0.15) is 70.4 Å². The molecule has 5 N–H and O–H groups in total. The Morgan fingerprint density at radius 3 is 2.02 bits per heavy atom. The van der Waals surface area contributed by atoms with Crippen LogP contribution in [0.25, 0.3) is 0 Å². The highest BCUT2D eigenvalue weighted by Crippen LogP contribution is 2.21. The lowest BCUT2D eigenvalue weighted by molar-refractivity contribution is -0.139. The maximum Gasteiger partial charge on any atom is 0.226 e. The van der Waals surface area contributed by atoms with Crippen LogP contribution in [-0.4, -0.2) is 84.5 Å². The number of rotatable bonds is 19. The maximum absolute atomic E-state index is 13.9. The van der Waals surface area contributed by atoms with Gasteiger partial charge < -0.3 is 26.6 Å². The molecular weight excluding hydrogens is 590 g/mol. The van der Waals surface area contributed by atoms with Crippen molar-refractivity contribution >= 4 is 23.4 Å². The Kier molecular flexibility index (Phi) is 16.3. The Bertz CT molecular complexity index is 1260. The fraction of sp³-hybridized carbons (Fsp3) is 0.579. The normalized spacial score (nSPS) is 16.6. The quantitative estimate of drug-likeness (QED) is 0.211. The van der Waals surface area contributed by atoms with Crippen LogP contribution in [0.2, 0.25) is 0 Å². The number of hydrogen-bond acceptors (Lipinski definition) is 7. The van der Waals surface area contributed by atoms with E-state index in [-0.39, 0.29) is 42.1 Å². The molecule has 9 heteroatoms. The van der Waals surface area contributed by atoms with Gasteiger partial charge in [-0.2, -0.15) is 0 Å². The van der Waals surface area contributed by atoms with Gasteiger partial charge in [-0.25, -0.2) is 0 Å². The summed E-state index contributed by atoms with van der Waals surface area (Å²) >= 11 is 0. The molecule has 1 aliphatic heterocycles. The number of amides is 2. The average Bonchev–Trinajstić information content (AvgIpc) is 3.32. The lowest BCUT2D eigenvalue weighted by atomic mass is 9.87. The van der Waals surface area contributed by atoms with Crippen LogP contribution >= 0.6 is 0 Å². The maximum atomic E-state index is 13.9. The van der Waals surface area contributed by atoms with Gasteiger partial charge in [0, 0.05) is 44.3 Å². The largest absolute Gasteiger partial charge is 0.346 e. The number of carbonyl (C=O) groups is 4. The SMILES string of the molecule is CCN1CCCN(C(=O)[C@@H](CCCN)CC(=O)[C@@H](CC(C)C)NC(=O)[C@H](CC(=O)[C@H](N)Cc2ccccc2)Cc2ccccc2)CC1. The van der Waals surface area contributed by atoms with Crippen molar-refractivity contribution in [2.24, 2.45) is 29.2 Å². The number of carbonyl (C=O) groups excluding carboxylic acids is 4. The minimum atomic E-state index is -0.762. The van der Waals surface area contributed by atoms with Crippen LogP contribution in [0, 0.1) is 17.8 Å². The van der Waals surface area contributed by atoms with E-state index in [0.29, 0.717) is 51.7 Å². The molecule has 1 fully saturated rings. The molecule has 9 nitrogen and oxygen atoms in total. The molecule has 2 aromatic rings. The van der Waals surface area contributed by atoms with Crippen molar-refractivity contribution in [3.05, 3.63) is 71.8 Å². The monoisotopic (exact) mass is 647 g/mol. The van der Waals surface area contributed by atoms with E-state index in [1.807, 2.05) is 79.4 Å². The predicted octanol–water partition coefficient (Wildman–Crippen LogP) is 3.77. The van der Waals surface area contributed by atoms with E-state index in [9.17, 15) is 19.2 Å². The molecule has 0 aromatic heterocycles. The fourth-order valence-electron chi connectivity index (χ4n) is 6.39. The van der Waals surface area contributed by atoms with Crippen molar-refractivity contribution in [1.29, 1.82) is 0 Å². The first-order chi connectivity index (χ1) is 22.6. The Labute approximate surface area is 281 Å². The van der Waals surface area contributed by atoms with Crippen molar-refractivity contribution in [1.82, 2.24) is 15.1 Å². The molecule has 0 radical (unpaired) electrons. The van der Waals surface area contributed by atoms with Gasteiger partial charge in [-0.1, -0.05) is 81.4 Å². The molecule has 2 aromatic carbocycles. The van der Waals surface area contributed by atoms with Gasteiger partial charge in [0.15, 0.2) is 11.6 Å². The second kappa shape index (κ2) is 20.1. The number of hydrogen-bond donors (Lipinski definition) is 3. The molecule has 0 bridgehead atoms. The third-order valence-corrected chi connectivity index (χ3v) is 9.17. The molecule has 1 aliphatic rings. The number of likely N-dealkylation sites (N-methyl/N-ethyl adjacent to an activating group) is 1. The smallest absolute Gasteiger partial charge is 0.226 e. The number of nitrogens with one attached hydrogen (secondary N) is 1. The van der Waals surface area contributed by atoms with E-state index in [0.717, 1.165) is 37.2 Å².